The van der Waals surface area contributed by atoms with E-state index in [2.05, 4.69) is 17.6 Å². The number of likely N-dealkylation sites (N-methyl/N-ethyl adjacent to an activating group) is 1. The first-order valence-electron chi connectivity index (χ1n) is 8.92. The minimum atomic E-state index is -0.790. The second-order valence-electron chi connectivity index (χ2n) is 7.48. The van der Waals surface area contributed by atoms with E-state index in [4.69, 9.17) is 5.11 Å². The summed E-state index contributed by atoms with van der Waals surface area (Å²) in [5.41, 5.74) is 0.248. The Morgan fingerprint density at radius 3 is 2.43 bits per heavy atom. The van der Waals surface area contributed by atoms with Crippen LogP contribution < -0.4 is 10.6 Å². The fourth-order valence-corrected chi connectivity index (χ4v) is 3.79. The van der Waals surface area contributed by atoms with Crippen LogP contribution in [0.3, 0.4) is 0 Å². The quantitative estimate of drug-likeness (QED) is 0.670. The zero-order chi connectivity index (χ0) is 16.9. The largest absolute Gasteiger partial charge is 0.480 e. The molecule has 0 aliphatic heterocycles. The molecule has 2 rings (SSSR count). The number of carboxylic acid groups (broad SMARTS) is 1. The molecule has 2 aliphatic rings. The summed E-state index contributed by atoms with van der Waals surface area (Å²) in [5.74, 6) is -0.790. The molecule has 0 spiro atoms. The van der Waals surface area contributed by atoms with Crippen molar-refractivity contribution in [2.24, 2.45) is 5.41 Å². The normalized spacial score (nSPS) is 26.4. The summed E-state index contributed by atoms with van der Waals surface area (Å²) in [6, 6.07) is 0.362. The van der Waals surface area contributed by atoms with E-state index in [1.54, 1.807) is 0 Å². The highest BCUT2D eigenvalue weighted by molar-refractivity contribution is 5.74. The van der Waals surface area contributed by atoms with E-state index in [9.17, 15) is 9.59 Å². The molecule has 23 heavy (non-hydrogen) atoms. The van der Waals surface area contributed by atoms with Gasteiger partial charge in [-0.3, -0.25) is 9.69 Å². The van der Waals surface area contributed by atoms with Gasteiger partial charge in [0.05, 0.1) is 6.54 Å². The van der Waals surface area contributed by atoms with E-state index in [1.807, 2.05) is 11.8 Å². The van der Waals surface area contributed by atoms with Crippen LogP contribution in [0.25, 0.3) is 0 Å². The lowest BCUT2D eigenvalue weighted by atomic mass is 9.76. The number of hydrogen-bond donors (Lipinski definition) is 3. The Morgan fingerprint density at radius 1 is 1.22 bits per heavy atom. The zero-order valence-electron chi connectivity index (χ0n) is 14.4. The van der Waals surface area contributed by atoms with E-state index < -0.39 is 5.97 Å². The number of urea groups is 1. The molecular formula is C17H31N3O3. The van der Waals surface area contributed by atoms with Crippen LogP contribution in [0.4, 0.5) is 4.79 Å². The van der Waals surface area contributed by atoms with Crippen molar-refractivity contribution < 1.29 is 14.7 Å². The molecule has 0 aromatic rings. The average Bonchev–Trinajstić information content (AvgIpc) is 2.47. The smallest absolute Gasteiger partial charge is 0.317 e. The molecule has 0 aromatic carbocycles. The topological polar surface area (TPSA) is 81.7 Å². The first kappa shape index (κ1) is 18.0. The standard InChI is InChI=1S/C17H31N3O3/c1-3-20(11-15(21)22)14-9-13(10-14)19-16(23)18-12-17(2)7-5-4-6-8-17/h13-14H,3-12H2,1-2H3,(H,21,22)(H2,18,19,23). The van der Waals surface area contributed by atoms with Gasteiger partial charge in [-0.05, 0) is 37.6 Å². The summed E-state index contributed by atoms with van der Waals surface area (Å²) in [7, 11) is 0. The van der Waals surface area contributed by atoms with Gasteiger partial charge in [0.1, 0.15) is 0 Å². The maximum absolute atomic E-state index is 12.0. The number of amides is 2. The van der Waals surface area contributed by atoms with Crippen molar-refractivity contribution in [2.45, 2.75) is 70.9 Å². The maximum atomic E-state index is 12.0. The van der Waals surface area contributed by atoms with Crippen molar-refractivity contribution in [3.05, 3.63) is 0 Å². The minimum absolute atomic E-state index is 0.0818. The molecule has 3 N–H and O–H groups in total. The number of nitrogens with zero attached hydrogens (tertiary/aromatic N) is 1. The van der Waals surface area contributed by atoms with Crippen LogP contribution in [-0.4, -0.2) is 53.7 Å². The van der Waals surface area contributed by atoms with Crippen molar-refractivity contribution in [3.8, 4) is 0 Å². The van der Waals surface area contributed by atoms with Crippen LogP contribution in [0, 0.1) is 5.41 Å². The van der Waals surface area contributed by atoms with E-state index >= 15 is 0 Å². The third-order valence-electron chi connectivity index (χ3n) is 5.45. The lowest BCUT2D eigenvalue weighted by Crippen LogP contribution is -2.56. The van der Waals surface area contributed by atoms with Gasteiger partial charge >= 0.3 is 12.0 Å². The van der Waals surface area contributed by atoms with Crippen molar-refractivity contribution >= 4 is 12.0 Å². The lowest BCUT2D eigenvalue weighted by molar-refractivity contribution is -0.139. The lowest BCUT2D eigenvalue weighted by Gasteiger charge is -2.42. The number of rotatable bonds is 7. The van der Waals surface area contributed by atoms with E-state index in [1.165, 1.54) is 32.1 Å². The molecule has 0 atom stereocenters. The van der Waals surface area contributed by atoms with Crippen LogP contribution in [0.15, 0.2) is 0 Å². The second-order valence-corrected chi connectivity index (χ2v) is 7.48. The summed E-state index contributed by atoms with van der Waals surface area (Å²) in [6.45, 7) is 5.79. The summed E-state index contributed by atoms with van der Waals surface area (Å²) in [6.07, 6.45) is 7.91. The van der Waals surface area contributed by atoms with Crippen molar-refractivity contribution in [3.63, 3.8) is 0 Å². The Labute approximate surface area is 139 Å². The highest BCUT2D eigenvalue weighted by Gasteiger charge is 2.35. The van der Waals surface area contributed by atoms with Gasteiger partial charge in [0.25, 0.3) is 0 Å². The summed E-state index contributed by atoms with van der Waals surface area (Å²) in [5, 5.41) is 14.9. The molecule has 0 unspecified atom stereocenters. The van der Waals surface area contributed by atoms with Gasteiger partial charge in [0.15, 0.2) is 0 Å². The fraction of sp³-hybridized carbons (Fsp3) is 0.882. The van der Waals surface area contributed by atoms with Crippen molar-refractivity contribution in [1.29, 1.82) is 0 Å². The molecular weight excluding hydrogens is 294 g/mol. The molecule has 6 heteroatoms. The van der Waals surface area contributed by atoms with Gasteiger partial charge in [-0.25, -0.2) is 4.79 Å². The summed E-state index contributed by atoms with van der Waals surface area (Å²) < 4.78 is 0. The predicted octanol–water partition coefficient (Wildman–Crippen LogP) is 2.19. The SMILES string of the molecule is CCN(CC(=O)O)C1CC(NC(=O)NCC2(C)CCCCC2)C1. The Hall–Kier alpha value is -1.30. The molecule has 0 saturated heterocycles. The number of aliphatic carboxylic acids is 1. The van der Waals surface area contributed by atoms with E-state index in [0.29, 0.717) is 0 Å². The zero-order valence-corrected chi connectivity index (χ0v) is 14.4. The van der Waals surface area contributed by atoms with Crippen molar-refractivity contribution in [1.82, 2.24) is 15.5 Å². The highest BCUT2D eigenvalue weighted by Crippen LogP contribution is 2.34. The third-order valence-corrected chi connectivity index (χ3v) is 5.45. The molecule has 2 aliphatic carbocycles. The maximum Gasteiger partial charge on any atom is 0.317 e. The Bertz CT molecular complexity index is 415. The Kier molecular flexibility index (Phi) is 6.27. The number of carbonyl (C=O) groups is 2. The molecule has 2 fully saturated rings. The number of nitrogens with one attached hydrogen (secondary N) is 2. The van der Waals surface area contributed by atoms with Crippen LogP contribution in [-0.2, 0) is 4.79 Å². The molecule has 0 radical (unpaired) electrons. The molecule has 2 saturated carbocycles. The molecule has 0 heterocycles. The van der Waals surface area contributed by atoms with Crippen molar-refractivity contribution in [2.75, 3.05) is 19.6 Å². The molecule has 6 nitrogen and oxygen atoms in total. The van der Waals surface area contributed by atoms with Gasteiger partial charge in [-0.1, -0.05) is 33.1 Å². The summed E-state index contributed by atoms with van der Waals surface area (Å²) in [4.78, 5) is 24.8. The fourth-order valence-electron chi connectivity index (χ4n) is 3.79. The van der Waals surface area contributed by atoms with Crippen LogP contribution in [0.2, 0.25) is 0 Å². The number of carboxylic acids is 1. The minimum Gasteiger partial charge on any atom is -0.480 e. The van der Waals surface area contributed by atoms with Gasteiger partial charge in [-0.15, -0.1) is 0 Å². The first-order chi connectivity index (χ1) is 10.9. The third kappa shape index (κ3) is 5.37. The summed E-state index contributed by atoms with van der Waals surface area (Å²) >= 11 is 0. The highest BCUT2D eigenvalue weighted by atomic mass is 16.4. The van der Waals surface area contributed by atoms with Gasteiger partial charge < -0.3 is 15.7 Å². The van der Waals surface area contributed by atoms with Crippen LogP contribution >= 0.6 is 0 Å². The molecule has 2 amide bonds. The van der Waals surface area contributed by atoms with Gasteiger partial charge in [0, 0.05) is 18.6 Å². The van der Waals surface area contributed by atoms with Crippen LogP contribution in [0.1, 0.15) is 58.8 Å². The Balaban J connectivity index is 1.64. The molecule has 132 valence electrons. The van der Waals surface area contributed by atoms with Gasteiger partial charge in [0.2, 0.25) is 0 Å². The van der Waals surface area contributed by atoms with Crippen LogP contribution in [0.5, 0.6) is 0 Å². The first-order valence-corrected chi connectivity index (χ1v) is 8.92. The van der Waals surface area contributed by atoms with E-state index in [-0.39, 0.29) is 30.1 Å². The second kappa shape index (κ2) is 7.99. The average molecular weight is 325 g/mol. The molecule has 0 aromatic heterocycles. The molecule has 0 bridgehead atoms. The number of hydrogen-bond acceptors (Lipinski definition) is 3. The van der Waals surface area contributed by atoms with E-state index in [0.717, 1.165) is 25.9 Å². The Morgan fingerprint density at radius 2 is 1.87 bits per heavy atom. The van der Waals surface area contributed by atoms with Gasteiger partial charge in [-0.2, -0.15) is 0 Å². The predicted molar refractivity (Wildman–Crippen MR) is 89.4 cm³/mol. The monoisotopic (exact) mass is 325 g/mol. The number of carbonyl (C=O) groups excluding carboxylic acids is 1.